The third kappa shape index (κ3) is 6.41. The summed E-state index contributed by atoms with van der Waals surface area (Å²) in [5.74, 6) is 0.705. The summed E-state index contributed by atoms with van der Waals surface area (Å²) < 4.78 is 0. The molecule has 33 heavy (non-hydrogen) atoms. The molecular weight excluding hydrogens is 408 g/mol. The first-order valence-corrected chi connectivity index (χ1v) is 11.9. The number of nitrogen functional groups attached to an aromatic ring is 1. The Morgan fingerprint density at radius 2 is 1.70 bits per heavy atom. The van der Waals surface area contributed by atoms with Gasteiger partial charge in [0.1, 0.15) is 12.5 Å². The van der Waals surface area contributed by atoms with Gasteiger partial charge in [-0.25, -0.2) is 0 Å². The number of carbonyl (C=O) groups excluding carboxylic acids is 1. The number of rotatable bonds is 4. The van der Waals surface area contributed by atoms with E-state index in [1.165, 1.54) is 42.6 Å². The molecule has 1 aliphatic carbocycles. The first-order valence-electron chi connectivity index (χ1n) is 11.9. The fourth-order valence-corrected chi connectivity index (χ4v) is 4.20. The Kier molecular flexibility index (Phi) is 10.0. The smallest absolute Gasteiger partial charge is 0.150 e. The molecule has 2 aromatic carbocycles. The van der Waals surface area contributed by atoms with Crippen molar-refractivity contribution < 1.29 is 4.79 Å². The highest BCUT2D eigenvalue weighted by molar-refractivity contribution is 5.74. The molecule has 0 saturated heterocycles. The molecule has 0 amide bonds. The van der Waals surface area contributed by atoms with Gasteiger partial charge in [-0.15, -0.1) is 0 Å². The molecule has 5 nitrogen and oxygen atoms in total. The maximum absolute atomic E-state index is 10.0. The summed E-state index contributed by atoms with van der Waals surface area (Å²) in [5, 5.41) is 0. The van der Waals surface area contributed by atoms with Crippen LogP contribution >= 0.6 is 0 Å². The van der Waals surface area contributed by atoms with Gasteiger partial charge in [0.25, 0.3) is 0 Å². The van der Waals surface area contributed by atoms with E-state index in [1.807, 2.05) is 31.3 Å². The molecule has 4 N–H and O–H groups in total. The van der Waals surface area contributed by atoms with Crippen molar-refractivity contribution in [3.63, 3.8) is 0 Å². The summed E-state index contributed by atoms with van der Waals surface area (Å²) >= 11 is 0. The van der Waals surface area contributed by atoms with Crippen molar-refractivity contribution in [2.24, 2.45) is 11.7 Å². The van der Waals surface area contributed by atoms with Gasteiger partial charge >= 0.3 is 0 Å². The van der Waals surface area contributed by atoms with Crippen molar-refractivity contribution in [3.05, 3.63) is 83.3 Å². The first kappa shape index (κ1) is 26.0. The number of hydrogen-bond acceptors (Lipinski definition) is 5. The van der Waals surface area contributed by atoms with Gasteiger partial charge in [-0.2, -0.15) is 0 Å². The second-order valence-electron chi connectivity index (χ2n) is 8.71. The van der Waals surface area contributed by atoms with Crippen molar-refractivity contribution in [3.8, 4) is 0 Å². The molecule has 1 saturated carbocycles. The summed E-state index contributed by atoms with van der Waals surface area (Å²) in [7, 11) is 2.18. The lowest BCUT2D eigenvalue weighted by atomic mass is 9.82. The van der Waals surface area contributed by atoms with E-state index >= 15 is 0 Å². The van der Waals surface area contributed by atoms with Crippen LogP contribution in [-0.4, -0.2) is 29.3 Å². The fourth-order valence-electron chi connectivity index (χ4n) is 4.20. The van der Waals surface area contributed by atoms with Crippen LogP contribution in [0.2, 0.25) is 0 Å². The van der Waals surface area contributed by atoms with Crippen LogP contribution in [0, 0.1) is 12.8 Å². The normalized spacial score (nSPS) is 17.8. The lowest BCUT2D eigenvalue weighted by Gasteiger charge is -2.41. The number of carbonyl (C=O) groups is 1. The number of hydrogen-bond donors (Lipinski definition) is 2. The Bertz CT molecular complexity index is 948. The van der Waals surface area contributed by atoms with Crippen molar-refractivity contribution >= 4 is 17.7 Å². The molecule has 1 unspecified atom stereocenters. The van der Waals surface area contributed by atoms with Crippen LogP contribution in [0.1, 0.15) is 67.9 Å². The highest BCUT2D eigenvalue weighted by Crippen LogP contribution is 2.43. The van der Waals surface area contributed by atoms with Crippen molar-refractivity contribution in [1.82, 2.24) is 9.80 Å². The Hall–Kier alpha value is -3.21. The second-order valence-corrected chi connectivity index (χ2v) is 8.71. The standard InChI is InChI=1S/C18H26N4.C7H6O.C3H8/c1-12-7-8-15(11-16(12)20)17-13(2)22(10-9-19)18(21(17)3)14-5-4-6-14;8-6-7-4-2-1-3-5-7;1-3-2/h7-11,14,18H,4-6,19-20H2,1-3H3;1-6H;3H2,1-2H3/b10-9-;;. The van der Waals surface area contributed by atoms with Crippen molar-refractivity contribution in [1.29, 1.82) is 0 Å². The molecule has 178 valence electrons. The van der Waals surface area contributed by atoms with E-state index in [9.17, 15) is 4.79 Å². The van der Waals surface area contributed by atoms with E-state index in [-0.39, 0.29) is 0 Å². The van der Waals surface area contributed by atoms with Gasteiger partial charge in [0.15, 0.2) is 0 Å². The molecule has 1 heterocycles. The molecule has 0 radical (unpaired) electrons. The number of benzene rings is 2. The minimum absolute atomic E-state index is 0.367. The number of allylic oxidation sites excluding steroid dienone is 1. The monoisotopic (exact) mass is 448 g/mol. The minimum atomic E-state index is 0.367. The zero-order chi connectivity index (χ0) is 24.4. The third-order valence-electron chi connectivity index (χ3n) is 6.07. The Morgan fingerprint density at radius 3 is 2.15 bits per heavy atom. The molecular formula is C28H40N4O. The SMILES string of the molecule is CC1=C(c2ccc(C)c(N)c2)N(C)C(C2CCC2)N1/C=C\N.CCC.O=Cc1ccccc1. The van der Waals surface area contributed by atoms with Gasteiger partial charge < -0.3 is 21.3 Å². The van der Waals surface area contributed by atoms with E-state index in [0.717, 1.165) is 23.1 Å². The van der Waals surface area contributed by atoms with E-state index < -0.39 is 0 Å². The number of nitrogens with two attached hydrogens (primary N) is 2. The maximum atomic E-state index is 10.0. The van der Waals surface area contributed by atoms with E-state index in [4.69, 9.17) is 11.5 Å². The molecule has 0 aromatic heterocycles. The van der Waals surface area contributed by atoms with Gasteiger partial charge in [-0.1, -0.05) is 69.2 Å². The average molecular weight is 449 g/mol. The van der Waals surface area contributed by atoms with Crippen molar-refractivity contribution in [2.45, 2.75) is 59.5 Å². The van der Waals surface area contributed by atoms with Crippen LogP contribution in [0.5, 0.6) is 0 Å². The Labute approximate surface area is 199 Å². The lowest BCUT2D eigenvalue weighted by molar-refractivity contribution is 0.0902. The first-order chi connectivity index (χ1) is 15.9. The third-order valence-corrected chi connectivity index (χ3v) is 6.07. The van der Waals surface area contributed by atoms with Crippen LogP contribution < -0.4 is 11.5 Å². The predicted octanol–water partition coefficient (Wildman–Crippen LogP) is 5.98. The zero-order valence-corrected chi connectivity index (χ0v) is 20.8. The largest absolute Gasteiger partial charge is 0.403 e. The summed E-state index contributed by atoms with van der Waals surface area (Å²) in [5.41, 5.74) is 18.2. The van der Waals surface area contributed by atoms with Crippen LogP contribution in [0.15, 0.2) is 66.6 Å². The van der Waals surface area contributed by atoms with E-state index in [0.29, 0.717) is 12.1 Å². The molecule has 4 rings (SSSR count). The summed E-state index contributed by atoms with van der Waals surface area (Å²) in [6.45, 7) is 8.46. The number of aryl methyl sites for hydroxylation is 1. The van der Waals surface area contributed by atoms with Crippen LogP contribution in [0.3, 0.4) is 0 Å². The predicted molar refractivity (Wildman–Crippen MR) is 140 cm³/mol. The molecule has 2 aromatic rings. The molecule has 0 spiro atoms. The van der Waals surface area contributed by atoms with Crippen LogP contribution in [0.4, 0.5) is 5.69 Å². The summed E-state index contributed by atoms with van der Waals surface area (Å²) in [6.07, 6.45) is 10.0. The highest BCUT2D eigenvalue weighted by atomic mass is 16.1. The lowest BCUT2D eigenvalue weighted by Crippen LogP contribution is -2.44. The van der Waals surface area contributed by atoms with Gasteiger partial charge in [0.05, 0.1) is 5.70 Å². The molecule has 1 aliphatic heterocycles. The average Bonchev–Trinajstić information content (AvgIpc) is 3.01. The van der Waals surface area contributed by atoms with Crippen LogP contribution in [0.25, 0.3) is 5.70 Å². The van der Waals surface area contributed by atoms with Crippen molar-refractivity contribution in [2.75, 3.05) is 12.8 Å². The topological polar surface area (TPSA) is 75.6 Å². The number of nitrogens with zero attached hydrogens (tertiary/aromatic N) is 2. The molecule has 2 aliphatic rings. The molecule has 5 heteroatoms. The summed E-state index contributed by atoms with van der Waals surface area (Å²) in [6, 6.07) is 15.4. The number of anilines is 1. The highest BCUT2D eigenvalue weighted by Gasteiger charge is 2.40. The number of aldehydes is 1. The van der Waals surface area contributed by atoms with E-state index in [1.54, 1.807) is 18.3 Å². The quantitative estimate of drug-likeness (QED) is 0.444. The molecule has 0 bridgehead atoms. The van der Waals surface area contributed by atoms with E-state index in [2.05, 4.69) is 55.8 Å². The summed E-state index contributed by atoms with van der Waals surface area (Å²) in [4.78, 5) is 14.7. The second kappa shape index (κ2) is 12.7. The maximum Gasteiger partial charge on any atom is 0.150 e. The van der Waals surface area contributed by atoms with Crippen LogP contribution in [-0.2, 0) is 0 Å². The van der Waals surface area contributed by atoms with Gasteiger partial charge in [0.2, 0.25) is 0 Å². The molecule has 1 atom stereocenters. The van der Waals surface area contributed by atoms with Gasteiger partial charge in [-0.05, 0) is 44.2 Å². The van der Waals surface area contributed by atoms with Gasteiger partial charge in [0, 0.05) is 42.0 Å². The fraction of sp³-hybridized carbons (Fsp3) is 0.393. The molecule has 1 fully saturated rings. The van der Waals surface area contributed by atoms with Gasteiger partial charge in [-0.3, -0.25) is 4.79 Å². The zero-order valence-electron chi connectivity index (χ0n) is 20.8. The Balaban J connectivity index is 0.000000291. The minimum Gasteiger partial charge on any atom is -0.403 e. The Morgan fingerprint density at radius 1 is 1.06 bits per heavy atom.